The lowest BCUT2D eigenvalue weighted by atomic mass is 10.1. The van der Waals surface area contributed by atoms with Crippen molar-refractivity contribution in [3.05, 3.63) is 29.3 Å². The normalized spacial score (nSPS) is 13.1. The van der Waals surface area contributed by atoms with Crippen molar-refractivity contribution in [2.24, 2.45) is 0 Å². The fourth-order valence-corrected chi connectivity index (χ4v) is 1.60. The van der Waals surface area contributed by atoms with Gasteiger partial charge in [-0.2, -0.15) is 13.2 Å². The highest BCUT2D eigenvalue weighted by molar-refractivity contribution is 6.00. The summed E-state index contributed by atoms with van der Waals surface area (Å²) in [7, 11) is 1.46. The number of anilines is 1. The summed E-state index contributed by atoms with van der Waals surface area (Å²) in [5, 5.41) is 2.51. The van der Waals surface area contributed by atoms with Gasteiger partial charge < -0.3 is 15.8 Å². The van der Waals surface area contributed by atoms with Crippen LogP contribution in [-0.2, 0) is 10.9 Å². The molecule has 0 heterocycles. The van der Waals surface area contributed by atoms with Crippen LogP contribution in [0.1, 0.15) is 22.8 Å². The molecule has 4 nitrogen and oxygen atoms in total. The van der Waals surface area contributed by atoms with Gasteiger partial charge in [-0.05, 0) is 19.1 Å². The monoisotopic (exact) mass is 276 g/mol. The van der Waals surface area contributed by atoms with E-state index >= 15 is 0 Å². The Balaban J connectivity index is 2.99. The van der Waals surface area contributed by atoms with Crippen molar-refractivity contribution in [1.82, 2.24) is 5.32 Å². The van der Waals surface area contributed by atoms with Crippen LogP contribution in [0.2, 0.25) is 0 Å². The fourth-order valence-electron chi connectivity index (χ4n) is 1.60. The molecule has 0 saturated heterocycles. The minimum absolute atomic E-state index is 0.197. The molecule has 1 aromatic carbocycles. The highest BCUT2D eigenvalue weighted by Crippen LogP contribution is 2.34. The van der Waals surface area contributed by atoms with Crippen LogP contribution in [0.3, 0.4) is 0 Å². The number of para-hydroxylation sites is 1. The topological polar surface area (TPSA) is 64.3 Å². The number of nitrogens with two attached hydrogens (primary N) is 1. The Bertz CT molecular complexity index is 461. The molecule has 19 heavy (non-hydrogen) atoms. The second-order valence-corrected chi connectivity index (χ2v) is 4.09. The van der Waals surface area contributed by atoms with Gasteiger partial charge in [-0.3, -0.25) is 4.79 Å². The molecule has 1 amide bonds. The van der Waals surface area contributed by atoms with Gasteiger partial charge in [0.15, 0.2) is 0 Å². The summed E-state index contributed by atoms with van der Waals surface area (Å²) in [4.78, 5) is 11.8. The summed E-state index contributed by atoms with van der Waals surface area (Å²) in [5.74, 6) is -0.659. The zero-order valence-corrected chi connectivity index (χ0v) is 10.5. The lowest BCUT2D eigenvalue weighted by Gasteiger charge is -2.16. The number of amides is 1. The molecule has 1 rings (SSSR count). The SMILES string of the molecule is COCC(C)NC(=O)c1cccc(C(F)(F)F)c1N. The zero-order valence-electron chi connectivity index (χ0n) is 10.5. The molecule has 0 aliphatic rings. The fraction of sp³-hybridized carbons (Fsp3) is 0.417. The lowest BCUT2D eigenvalue weighted by Crippen LogP contribution is -2.36. The Morgan fingerprint density at radius 3 is 2.63 bits per heavy atom. The minimum atomic E-state index is -4.58. The largest absolute Gasteiger partial charge is 0.418 e. The van der Waals surface area contributed by atoms with E-state index in [-0.39, 0.29) is 18.2 Å². The molecule has 1 unspecified atom stereocenters. The van der Waals surface area contributed by atoms with E-state index in [9.17, 15) is 18.0 Å². The standard InChI is InChI=1S/C12H15F3N2O2/c1-7(6-19-2)17-11(18)8-4-3-5-9(10(8)16)12(13,14)15/h3-5,7H,6,16H2,1-2H3,(H,17,18). The number of ether oxygens (including phenoxy) is 1. The van der Waals surface area contributed by atoms with Gasteiger partial charge in [0.05, 0.1) is 23.4 Å². The zero-order chi connectivity index (χ0) is 14.6. The van der Waals surface area contributed by atoms with Gasteiger partial charge in [-0.1, -0.05) is 6.07 Å². The second kappa shape index (κ2) is 5.92. The number of nitrogen functional groups attached to an aromatic ring is 1. The molecule has 0 saturated carbocycles. The highest BCUT2D eigenvalue weighted by Gasteiger charge is 2.34. The molecule has 0 aliphatic heterocycles. The van der Waals surface area contributed by atoms with E-state index in [0.717, 1.165) is 12.1 Å². The van der Waals surface area contributed by atoms with Crippen molar-refractivity contribution >= 4 is 11.6 Å². The number of carbonyl (C=O) groups is 1. The number of carbonyl (C=O) groups excluding carboxylic acids is 1. The van der Waals surface area contributed by atoms with Crippen LogP contribution in [-0.4, -0.2) is 25.7 Å². The van der Waals surface area contributed by atoms with E-state index in [4.69, 9.17) is 10.5 Å². The van der Waals surface area contributed by atoms with Gasteiger partial charge in [-0.15, -0.1) is 0 Å². The number of hydrogen-bond acceptors (Lipinski definition) is 3. The molecule has 0 aromatic heterocycles. The van der Waals surface area contributed by atoms with Crippen molar-refractivity contribution < 1.29 is 22.7 Å². The molecule has 1 aromatic rings. The van der Waals surface area contributed by atoms with E-state index in [1.165, 1.54) is 13.2 Å². The number of hydrogen-bond donors (Lipinski definition) is 2. The van der Waals surface area contributed by atoms with E-state index < -0.39 is 23.3 Å². The van der Waals surface area contributed by atoms with Crippen LogP contribution in [0, 0.1) is 0 Å². The smallest absolute Gasteiger partial charge is 0.398 e. The van der Waals surface area contributed by atoms with Crippen molar-refractivity contribution in [3.63, 3.8) is 0 Å². The first kappa shape index (κ1) is 15.3. The van der Waals surface area contributed by atoms with E-state index in [0.29, 0.717) is 0 Å². The van der Waals surface area contributed by atoms with Crippen LogP contribution in [0.5, 0.6) is 0 Å². The molecule has 0 spiro atoms. The molecule has 0 radical (unpaired) electrons. The predicted octanol–water partition coefficient (Wildman–Crippen LogP) is 2.05. The molecule has 0 fully saturated rings. The Labute approximate surface area is 108 Å². The predicted molar refractivity (Wildman–Crippen MR) is 64.7 cm³/mol. The van der Waals surface area contributed by atoms with Crippen molar-refractivity contribution in [1.29, 1.82) is 0 Å². The first-order valence-electron chi connectivity index (χ1n) is 5.52. The number of halogens is 3. The molecular weight excluding hydrogens is 261 g/mol. The Morgan fingerprint density at radius 1 is 1.47 bits per heavy atom. The van der Waals surface area contributed by atoms with Crippen molar-refractivity contribution in [2.45, 2.75) is 19.1 Å². The quantitative estimate of drug-likeness (QED) is 0.827. The molecular formula is C12H15F3N2O2. The molecule has 0 aliphatic carbocycles. The molecule has 7 heteroatoms. The first-order valence-corrected chi connectivity index (χ1v) is 5.52. The van der Waals surface area contributed by atoms with Gasteiger partial charge in [-0.25, -0.2) is 0 Å². The van der Waals surface area contributed by atoms with E-state index in [1.807, 2.05) is 0 Å². The highest BCUT2D eigenvalue weighted by atomic mass is 19.4. The third-order valence-electron chi connectivity index (χ3n) is 2.45. The first-order chi connectivity index (χ1) is 8.77. The summed E-state index contributed by atoms with van der Waals surface area (Å²) in [6.45, 7) is 1.93. The molecule has 3 N–H and O–H groups in total. The van der Waals surface area contributed by atoms with Gasteiger partial charge >= 0.3 is 6.18 Å². The van der Waals surface area contributed by atoms with Crippen LogP contribution in [0.25, 0.3) is 0 Å². The summed E-state index contributed by atoms with van der Waals surface area (Å²) in [6, 6.07) is 2.91. The van der Waals surface area contributed by atoms with Gasteiger partial charge in [0.2, 0.25) is 0 Å². The number of alkyl halides is 3. The van der Waals surface area contributed by atoms with Crippen LogP contribution >= 0.6 is 0 Å². The maximum absolute atomic E-state index is 12.6. The van der Waals surface area contributed by atoms with E-state index in [1.54, 1.807) is 6.92 Å². The third-order valence-corrected chi connectivity index (χ3v) is 2.45. The Kier molecular flexibility index (Phi) is 4.77. The summed E-state index contributed by atoms with van der Waals surface area (Å²) >= 11 is 0. The second-order valence-electron chi connectivity index (χ2n) is 4.09. The van der Waals surface area contributed by atoms with Crippen LogP contribution in [0.15, 0.2) is 18.2 Å². The Hall–Kier alpha value is -1.76. The van der Waals surface area contributed by atoms with Crippen LogP contribution in [0.4, 0.5) is 18.9 Å². The third kappa shape index (κ3) is 3.85. The van der Waals surface area contributed by atoms with Crippen molar-refractivity contribution in [2.75, 3.05) is 19.5 Å². The maximum atomic E-state index is 12.6. The number of benzene rings is 1. The summed E-state index contributed by atoms with van der Waals surface area (Å²) in [5.41, 5.74) is 3.63. The average molecular weight is 276 g/mol. The molecule has 1 atom stereocenters. The summed E-state index contributed by atoms with van der Waals surface area (Å²) < 4.78 is 42.8. The molecule has 106 valence electrons. The van der Waals surface area contributed by atoms with Gasteiger partial charge in [0.25, 0.3) is 5.91 Å². The number of methoxy groups -OCH3 is 1. The number of rotatable bonds is 4. The van der Waals surface area contributed by atoms with Crippen LogP contribution < -0.4 is 11.1 Å². The number of nitrogens with one attached hydrogen (secondary N) is 1. The van der Waals surface area contributed by atoms with Crippen molar-refractivity contribution in [3.8, 4) is 0 Å². The summed E-state index contributed by atoms with van der Waals surface area (Å²) in [6.07, 6.45) is -4.58. The van der Waals surface area contributed by atoms with E-state index in [2.05, 4.69) is 5.32 Å². The molecule has 0 bridgehead atoms. The minimum Gasteiger partial charge on any atom is -0.398 e. The van der Waals surface area contributed by atoms with Gasteiger partial charge in [0.1, 0.15) is 0 Å². The Morgan fingerprint density at radius 2 is 2.11 bits per heavy atom. The van der Waals surface area contributed by atoms with Gasteiger partial charge in [0, 0.05) is 13.2 Å². The average Bonchev–Trinajstić information content (AvgIpc) is 2.27. The maximum Gasteiger partial charge on any atom is 0.418 e. The lowest BCUT2D eigenvalue weighted by molar-refractivity contribution is -0.136.